The van der Waals surface area contributed by atoms with Crippen LogP contribution in [-0.2, 0) is 4.79 Å². The molecule has 1 unspecified atom stereocenters. The lowest BCUT2D eigenvalue weighted by Crippen LogP contribution is -2.54. The molecule has 1 heterocycles. The fourth-order valence-corrected chi connectivity index (χ4v) is 4.02. The van der Waals surface area contributed by atoms with Crippen molar-refractivity contribution in [2.24, 2.45) is 5.92 Å². The molecule has 2 aromatic rings. The molecule has 3 rings (SSSR count). The lowest BCUT2D eigenvalue weighted by Gasteiger charge is -2.36. The van der Waals surface area contributed by atoms with Crippen LogP contribution in [0.1, 0.15) is 52.5 Å². The maximum Gasteiger partial charge on any atom is 0.253 e. The topological polar surface area (TPSA) is 78.5 Å². The third-order valence-corrected chi connectivity index (χ3v) is 6.07. The second kappa shape index (κ2) is 11.1. The van der Waals surface area contributed by atoms with Crippen LogP contribution in [0.4, 0.5) is 0 Å². The molecular formula is C25H30ClN3O3. The van der Waals surface area contributed by atoms with Gasteiger partial charge in [0.05, 0.1) is 0 Å². The number of halogens is 1. The number of nitrogens with zero attached hydrogens (tertiary/aromatic N) is 1. The van der Waals surface area contributed by atoms with E-state index in [9.17, 15) is 14.4 Å². The van der Waals surface area contributed by atoms with Crippen LogP contribution >= 0.6 is 11.6 Å². The minimum absolute atomic E-state index is 0.0456. The molecule has 0 saturated carbocycles. The van der Waals surface area contributed by atoms with Gasteiger partial charge < -0.3 is 15.5 Å². The summed E-state index contributed by atoms with van der Waals surface area (Å²) in [6.45, 7) is 5.57. The van der Waals surface area contributed by atoms with Crippen LogP contribution in [0.2, 0.25) is 5.02 Å². The summed E-state index contributed by atoms with van der Waals surface area (Å²) < 4.78 is 0. The molecule has 1 fully saturated rings. The van der Waals surface area contributed by atoms with Crippen molar-refractivity contribution in [3.05, 3.63) is 70.2 Å². The largest absolute Gasteiger partial charge is 0.354 e. The van der Waals surface area contributed by atoms with E-state index in [-0.39, 0.29) is 23.6 Å². The molecule has 0 radical (unpaired) electrons. The van der Waals surface area contributed by atoms with Crippen molar-refractivity contribution in [3.8, 4) is 0 Å². The normalized spacial score (nSPS) is 15.2. The van der Waals surface area contributed by atoms with Gasteiger partial charge in [-0.05, 0) is 68.5 Å². The van der Waals surface area contributed by atoms with Crippen molar-refractivity contribution in [2.45, 2.75) is 39.2 Å². The minimum Gasteiger partial charge on any atom is -0.354 e. The highest BCUT2D eigenvalue weighted by molar-refractivity contribution is 6.30. The average Bonchev–Trinajstić information content (AvgIpc) is 2.81. The van der Waals surface area contributed by atoms with Crippen molar-refractivity contribution in [1.82, 2.24) is 15.5 Å². The lowest BCUT2D eigenvalue weighted by molar-refractivity contribution is -0.124. The van der Waals surface area contributed by atoms with E-state index in [0.717, 1.165) is 12.0 Å². The van der Waals surface area contributed by atoms with E-state index in [4.69, 9.17) is 11.6 Å². The van der Waals surface area contributed by atoms with Crippen LogP contribution in [0.5, 0.6) is 0 Å². The molecule has 1 atom stereocenters. The first-order valence-corrected chi connectivity index (χ1v) is 11.5. The SMILES string of the molecule is CCCNC(=O)C(NC(=O)c1ccc(C)cc1)C1CCN(C(=O)c2ccc(Cl)cc2)CC1. The predicted octanol–water partition coefficient (Wildman–Crippen LogP) is 3.83. The van der Waals surface area contributed by atoms with Gasteiger partial charge in [0.25, 0.3) is 11.8 Å². The Labute approximate surface area is 194 Å². The van der Waals surface area contributed by atoms with E-state index in [1.165, 1.54) is 0 Å². The van der Waals surface area contributed by atoms with Gasteiger partial charge in [0, 0.05) is 35.8 Å². The zero-order valence-corrected chi connectivity index (χ0v) is 19.3. The Balaban J connectivity index is 1.66. The van der Waals surface area contributed by atoms with E-state index in [1.807, 2.05) is 26.0 Å². The van der Waals surface area contributed by atoms with Crippen molar-refractivity contribution < 1.29 is 14.4 Å². The van der Waals surface area contributed by atoms with E-state index in [1.54, 1.807) is 41.3 Å². The predicted molar refractivity (Wildman–Crippen MR) is 126 cm³/mol. The van der Waals surface area contributed by atoms with Gasteiger partial charge in [-0.25, -0.2) is 0 Å². The number of rotatable bonds is 7. The van der Waals surface area contributed by atoms with E-state index >= 15 is 0 Å². The Bertz CT molecular complexity index is 936. The van der Waals surface area contributed by atoms with Crippen LogP contribution in [0, 0.1) is 12.8 Å². The number of carbonyl (C=O) groups excluding carboxylic acids is 3. The zero-order valence-electron chi connectivity index (χ0n) is 18.6. The summed E-state index contributed by atoms with van der Waals surface area (Å²) in [5.41, 5.74) is 2.19. The van der Waals surface area contributed by atoms with Gasteiger partial charge in [-0.1, -0.05) is 36.2 Å². The Morgan fingerprint density at radius 2 is 1.59 bits per heavy atom. The molecule has 2 aromatic carbocycles. The quantitative estimate of drug-likeness (QED) is 0.666. The molecule has 0 bridgehead atoms. The molecule has 3 amide bonds. The minimum atomic E-state index is -0.636. The number of likely N-dealkylation sites (tertiary alicyclic amines) is 1. The molecule has 1 aliphatic rings. The number of hydrogen-bond acceptors (Lipinski definition) is 3. The fraction of sp³-hybridized carbons (Fsp3) is 0.400. The monoisotopic (exact) mass is 455 g/mol. The summed E-state index contributed by atoms with van der Waals surface area (Å²) in [5, 5.41) is 6.45. The molecular weight excluding hydrogens is 426 g/mol. The highest BCUT2D eigenvalue weighted by Crippen LogP contribution is 2.23. The number of amides is 3. The second-order valence-electron chi connectivity index (χ2n) is 8.24. The first kappa shape index (κ1) is 23.8. The van der Waals surface area contributed by atoms with Gasteiger partial charge in [-0.2, -0.15) is 0 Å². The van der Waals surface area contributed by atoms with Crippen molar-refractivity contribution in [1.29, 1.82) is 0 Å². The van der Waals surface area contributed by atoms with Crippen LogP contribution in [0.3, 0.4) is 0 Å². The van der Waals surface area contributed by atoms with Crippen molar-refractivity contribution in [3.63, 3.8) is 0 Å². The number of hydrogen-bond donors (Lipinski definition) is 2. The number of nitrogens with one attached hydrogen (secondary N) is 2. The fourth-order valence-electron chi connectivity index (χ4n) is 3.90. The smallest absolute Gasteiger partial charge is 0.253 e. The summed E-state index contributed by atoms with van der Waals surface area (Å²) in [7, 11) is 0. The molecule has 1 aliphatic heterocycles. The molecule has 32 heavy (non-hydrogen) atoms. The first-order chi connectivity index (χ1) is 15.4. The molecule has 6 nitrogen and oxygen atoms in total. The third-order valence-electron chi connectivity index (χ3n) is 5.82. The van der Waals surface area contributed by atoms with Gasteiger partial charge in [0.1, 0.15) is 6.04 Å². The zero-order chi connectivity index (χ0) is 23.1. The number of carbonyl (C=O) groups is 3. The summed E-state index contributed by atoms with van der Waals surface area (Å²) >= 11 is 5.92. The van der Waals surface area contributed by atoms with E-state index < -0.39 is 6.04 Å². The van der Waals surface area contributed by atoms with Gasteiger partial charge in [-0.15, -0.1) is 0 Å². The maximum absolute atomic E-state index is 12.9. The number of piperidine rings is 1. The summed E-state index contributed by atoms with van der Waals surface area (Å²) in [6, 6.07) is 13.5. The lowest BCUT2D eigenvalue weighted by atomic mass is 9.88. The number of aryl methyl sites for hydroxylation is 1. The Morgan fingerprint density at radius 3 is 2.19 bits per heavy atom. The summed E-state index contributed by atoms with van der Waals surface area (Å²) in [6.07, 6.45) is 2.09. The van der Waals surface area contributed by atoms with E-state index in [2.05, 4.69) is 10.6 Å². The highest BCUT2D eigenvalue weighted by Gasteiger charge is 2.34. The summed E-state index contributed by atoms with van der Waals surface area (Å²) in [4.78, 5) is 40.3. The second-order valence-corrected chi connectivity index (χ2v) is 8.68. The Kier molecular flexibility index (Phi) is 8.28. The van der Waals surface area contributed by atoms with Crippen LogP contribution in [0.15, 0.2) is 48.5 Å². The van der Waals surface area contributed by atoms with Gasteiger partial charge in [0.15, 0.2) is 0 Å². The Morgan fingerprint density at radius 1 is 1.00 bits per heavy atom. The van der Waals surface area contributed by atoms with Gasteiger partial charge in [-0.3, -0.25) is 14.4 Å². The molecule has 0 aromatic heterocycles. The molecule has 0 aliphatic carbocycles. The third kappa shape index (κ3) is 6.10. The molecule has 2 N–H and O–H groups in total. The highest BCUT2D eigenvalue weighted by atomic mass is 35.5. The maximum atomic E-state index is 12.9. The standard InChI is InChI=1S/C25H30ClN3O3/c1-3-14-27-24(31)22(28-23(30)19-6-4-17(2)5-7-19)18-12-15-29(16-13-18)25(32)20-8-10-21(26)11-9-20/h4-11,18,22H,3,12-16H2,1-2H3,(H,27,31)(H,28,30). The average molecular weight is 456 g/mol. The molecule has 1 saturated heterocycles. The van der Waals surface area contributed by atoms with Crippen molar-refractivity contribution >= 4 is 29.3 Å². The Hall–Kier alpha value is -2.86. The molecule has 7 heteroatoms. The van der Waals surface area contributed by atoms with Crippen LogP contribution in [-0.4, -0.2) is 48.3 Å². The molecule has 0 spiro atoms. The molecule has 170 valence electrons. The summed E-state index contributed by atoms with van der Waals surface area (Å²) in [5.74, 6) is -0.526. The van der Waals surface area contributed by atoms with Crippen LogP contribution < -0.4 is 10.6 Å². The number of benzene rings is 2. The first-order valence-electron chi connectivity index (χ1n) is 11.1. The van der Waals surface area contributed by atoms with Gasteiger partial charge in [0.2, 0.25) is 5.91 Å². The van der Waals surface area contributed by atoms with Gasteiger partial charge >= 0.3 is 0 Å². The van der Waals surface area contributed by atoms with Crippen molar-refractivity contribution in [2.75, 3.05) is 19.6 Å². The van der Waals surface area contributed by atoms with Crippen LogP contribution in [0.25, 0.3) is 0 Å². The van der Waals surface area contributed by atoms with E-state index in [0.29, 0.717) is 48.6 Å².